The molecule has 0 rings (SSSR count). The van der Waals surface area contributed by atoms with Gasteiger partial charge in [0, 0.05) is 13.2 Å². The Morgan fingerprint density at radius 1 is 0.846 bits per heavy atom. The Bertz CT molecular complexity index is 79.0. The topological polar surface area (TPSA) is 18.5 Å². The van der Waals surface area contributed by atoms with E-state index in [4.69, 9.17) is 9.47 Å². The predicted octanol–water partition coefficient (Wildman–Crippen LogP) is 3.27. The molecule has 0 unspecified atom stereocenters. The molecule has 0 radical (unpaired) electrons. The molecule has 0 spiro atoms. The number of rotatable bonds is 10. The first-order valence-corrected chi connectivity index (χ1v) is 6.30. The molecule has 0 aromatic heterocycles. The maximum absolute atomic E-state index is 5.36. The molecule has 0 saturated carbocycles. The van der Waals surface area contributed by atoms with Crippen LogP contribution in [0.4, 0.5) is 0 Å². The van der Waals surface area contributed by atoms with Crippen molar-refractivity contribution in [3.05, 3.63) is 0 Å². The number of unbranched alkanes of at least 4 members (excludes halogenated alkanes) is 2. The van der Waals surface area contributed by atoms with Gasteiger partial charge in [-0.15, -0.1) is 11.8 Å². The zero-order chi connectivity index (χ0) is 9.78. The average molecular weight is 206 g/mol. The van der Waals surface area contributed by atoms with Crippen molar-refractivity contribution in [1.82, 2.24) is 0 Å². The van der Waals surface area contributed by atoms with Crippen molar-refractivity contribution in [3.63, 3.8) is 0 Å². The Morgan fingerprint density at radius 3 is 1.69 bits per heavy atom. The van der Waals surface area contributed by atoms with Crippen LogP contribution < -0.4 is 0 Å². The summed E-state index contributed by atoms with van der Waals surface area (Å²) in [7, 11) is 0. The lowest BCUT2D eigenvalue weighted by atomic mass is 10.4. The lowest BCUT2D eigenvalue weighted by molar-refractivity contribution is 0.164. The number of hydrogen-bond donors (Lipinski definition) is 0. The second-order valence-corrected chi connectivity index (χ2v) is 3.84. The van der Waals surface area contributed by atoms with Crippen molar-refractivity contribution in [2.45, 2.75) is 39.5 Å². The summed E-state index contributed by atoms with van der Waals surface area (Å²) in [6, 6.07) is 0. The van der Waals surface area contributed by atoms with Gasteiger partial charge in [0.15, 0.2) is 0 Å². The highest BCUT2D eigenvalue weighted by Gasteiger charge is 1.89. The van der Waals surface area contributed by atoms with Crippen LogP contribution in [0.3, 0.4) is 0 Å². The first kappa shape index (κ1) is 13.3. The van der Waals surface area contributed by atoms with Crippen molar-refractivity contribution < 1.29 is 9.47 Å². The van der Waals surface area contributed by atoms with Gasteiger partial charge in [0.1, 0.15) is 0 Å². The van der Waals surface area contributed by atoms with E-state index < -0.39 is 0 Å². The van der Waals surface area contributed by atoms with E-state index in [0.29, 0.717) is 0 Å². The summed E-state index contributed by atoms with van der Waals surface area (Å²) < 4.78 is 10.7. The van der Waals surface area contributed by atoms with Gasteiger partial charge in [-0.3, -0.25) is 0 Å². The highest BCUT2D eigenvalue weighted by atomic mass is 32.2. The largest absolute Gasteiger partial charge is 0.371 e. The molecular weight excluding hydrogens is 184 g/mol. The predicted molar refractivity (Wildman–Crippen MR) is 59.0 cm³/mol. The Hall–Kier alpha value is 0.270. The van der Waals surface area contributed by atoms with Gasteiger partial charge in [-0.05, 0) is 12.8 Å². The molecule has 0 aliphatic carbocycles. The zero-order valence-corrected chi connectivity index (χ0v) is 9.70. The van der Waals surface area contributed by atoms with Gasteiger partial charge in [-0.2, -0.15) is 0 Å². The van der Waals surface area contributed by atoms with E-state index in [1.54, 1.807) is 11.8 Å². The second-order valence-electron chi connectivity index (χ2n) is 2.96. The van der Waals surface area contributed by atoms with Crippen LogP contribution in [0.1, 0.15) is 39.5 Å². The molecule has 13 heavy (non-hydrogen) atoms. The summed E-state index contributed by atoms with van der Waals surface area (Å²) in [5.74, 6) is 1.54. The summed E-state index contributed by atoms with van der Waals surface area (Å²) in [4.78, 5) is 0. The number of hydrogen-bond acceptors (Lipinski definition) is 3. The molecule has 0 N–H and O–H groups in total. The van der Waals surface area contributed by atoms with Crippen LogP contribution in [0.15, 0.2) is 0 Å². The molecule has 0 heterocycles. The Balaban J connectivity index is 2.76. The van der Waals surface area contributed by atoms with Gasteiger partial charge in [0.2, 0.25) is 0 Å². The smallest absolute Gasteiger partial charge is 0.0943 e. The molecule has 0 bridgehead atoms. The summed E-state index contributed by atoms with van der Waals surface area (Å²) in [6.45, 7) is 6.12. The molecule has 0 fully saturated rings. The van der Waals surface area contributed by atoms with Crippen molar-refractivity contribution in [2.24, 2.45) is 0 Å². The summed E-state index contributed by atoms with van der Waals surface area (Å²) in [6.07, 6.45) is 4.74. The zero-order valence-electron chi connectivity index (χ0n) is 8.88. The molecule has 0 aliphatic rings. The first-order chi connectivity index (χ1) is 6.41. The molecule has 80 valence electrons. The quantitative estimate of drug-likeness (QED) is 0.404. The van der Waals surface area contributed by atoms with Crippen LogP contribution in [0.2, 0.25) is 0 Å². The Morgan fingerprint density at radius 2 is 1.31 bits per heavy atom. The Kier molecular flexibility index (Phi) is 12.5. The van der Waals surface area contributed by atoms with E-state index in [-0.39, 0.29) is 0 Å². The van der Waals surface area contributed by atoms with Crippen molar-refractivity contribution >= 4 is 11.8 Å². The fourth-order valence-electron chi connectivity index (χ4n) is 0.763. The SMILES string of the molecule is CCCCOCSCOCCCC. The minimum atomic E-state index is 0.770. The van der Waals surface area contributed by atoms with Gasteiger partial charge in [-0.1, -0.05) is 26.7 Å². The maximum Gasteiger partial charge on any atom is 0.0943 e. The molecule has 0 aromatic carbocycles. The fourth-order valence-corrected chi connectivity index (χ4v) is 1.30. The van der Waals surface area contributed by atoms with Crippen LogP contribution in [0.5, 0.6) is 0 Å². The summed E-state index contributed by atoms with van der Waals surface area (Å²) in [5.41, 5.74) is 0. The highest BCUT2D eigenvalue weighted by Crippen LogP contribution is 2.02. The van der Waals surface area contributed by atoms with Crippen molar-refractivity contribution in [3.8, 4) is 0 Å². The van der Waals surface area contributed by atoms with E-state index in [0.717, 1.165) is 37.9 Å². The number of thioether (sulfide) groups is 1. The first-order valence-electron chi connectivity index (χ1n) is 5.15. The van der Waals surface area contributed by atoms with Crippen LogP contribution in [-0.4, -0.2) is 25.1 Å². The Labute approximate surface area is 86.4 Å². The minimum Gasteiger partial charge on any atom is -0.371 e. The highest BCUT2D eigenvalue weighted by molar-refractivity contribution is 7.98. The van der Waals surface area contributed by atoms with Crippen molar-refractivity contribution in [1.29, 1.82) is 0 Å². The van der Waals surface area contributed by atoms with Crippen molar-refractivity contribution in [2.75, 3.05) is 25.1 Å². The van der Waals surface area contributed by atoms with Gasteiger partial charge >= 0.3 is 0 Å². The van der Waals surface area contributed by atoms with E-state index in [2.05, 4.69) is 13.8 Å². The van der Waals surface area contributed by atoms with Gasteiger partial charge in [0.05, 0.1) is 11.9 Å². The van der Waals surface area contributed by atoms with Crippen LogP contribution >= 0.6 is 11.8 Å². The van der Waals surface area contributed by atoms with Crippen LogP contribution in [0.25, 0.3) is 0 Å². The molecule has 0 amide bonds. The summed E-state index contributed by atoms with van der Waals surface area (Å²) >= 11 is 1.71. The van der Waals surface area contributed by atoms with Gasteiger partial charge in [0.25, 0.3) is 0 Å². The van der Waals surface area contributed by atoms with E-state index >= 15 is 0 Å². The van der Waals surface area contributed by atoms with Gasteiger partial charge < -0.3 is 9.47 Å². The molecular formula is C10H22O2S. The van der Waals surface area contributed by atoms with E-state index in [1.165, 1.54) is 12.8 Å². The third kappa shape index (κ3) is 12.3. The third-order valence-corrected chi connectivity index (χ3v) is 2.28. The normalized spacial score (nSPS) is 10.6. The summed E-state index contributed by atoms with van der Waals surface area (Å²) in [5, 5.41) is 0. The molecule has 0 aromatic rings. The standard InChI is InChI=1S/C10H22O2S/c1-3-5-7-11-9-13-10-12-8-6-4-2/h3-10H2,1-2H3. The molecule has 2 nitrogen and oxygen atoms in total. The monoisotopic (exact) mass is 206 g/mol. The van der Waals surface area contributed by atoms with E-state index in [1.807, 2.05) is 0 Å². The molecule has 3 heteroatoms. The average Bonchev–Trinajstić information content (AvgIpc) is 2.16. The van der Waals surface area contributed by atoms with Crippen LogP contribution in [-0.2, 0) is 9.47 Å². The lowest BCUT2D eigenvalue weighted by Gasteiger charge is -2.04. The molecule has 0 atom stereocenters. The second kappa shape index (κ2) is 12.3. The molecule has 0 saturated heterocycles. The fraction of sp³-hybridized carbons (Fsp3) is 1.00. The minimum absolute atomic E-state index is 0.770. The number of ether oxygens (including phenoxy) is 2. The van der Waals surface area contributed by atoms with Crippen LogP contribution in [0, 0.1) is 0 Å². The van der Waals surface area contributed by atoms with Gasteiger partial charge in [-0.25, -0.2) is 0 Å². The lowest BCUT2D eigenvalue weighted by Crippen LogP contribution is -1.97. The maximum atomic E-state index is 5.36. The van der Waals surface area contributed by atoms with E-state index in [9.17, 15) is 0 Å². The third-order valence-electron chi connectivity index (χ3n) is 1.62. The molecule has 0 aliphatic heterocycles.